The molecule has 0 spiro atoms. The number of nitrogens with zero attached hydrogens (tertiary/aromatic N) is 2. The number of hydrogen-bond donors (Lipinski definition) is 2. The summed E-state index contributed by atoms with van der Waals surface area (Å²) in [7, 11) is 0. The van der Waals surface area contributed by atoms with Crippen molar-refractivity contribution in [1.82, 2.24) is 9.97 Å². The maximum Gasteiger partial charge on any atom is 0.339 e. The molecular formula is C9H13N3O2. The summed E-state index contributed by atoms with van der Waals surface area (Å²) in [4.78, 5) is 18.6. The van der Waals surface area contributed by atoms with Crippen LogP contribution in [0.4, 0.5) is 5.95 Å². The highest BCUT2D eigenvalue weighted by atomic mass is 16.4. The third kappa shape index (κ3) is 2.42. The van der Waals surface area contributed by atoms with Gasteiger partial charge in [-0.05, 0) is 20.8 Å². The van der Waals surface area contributed by atoms with Crippen LogP contribution in [0.15, 0.2) is 6.20 Å². The highest BCUT2D eigenvalue weighted by Gasteiger charge is 2.09. The predicted molar refractivity (Wildman–Crippen MR) is 52.5 cm³/mol. The van der Waals surface area contributed by atoms with Gasteiger partial charge in [-0.25, -0.2) is 14.8 Å². The first-order valence-electron chi connectivity index (χ1n) is 4.34. The van der Waals surface area contributed by atoms with Gasteiger partial charge in [-0.3, -0.25) is 0 Å². The maximum atomic E-state index is 10.7. The molecule has 0 aliphatic carbocycles. The lowest BCUT2D eigenvalue weighted by molar-refractivity contribution is 0.0695. The number of carboxylic acids is 1. The van der Waals surface area contributed by atoms with E-state index in [0.29, 0.717) is 11.6 Å². The molecule has 14 heavy (non-hydrogen) atoms. The molecule has 0 saturated heterocycles. The van der Waals surface area contributed by atoms with Crippen LogP contribution in [0.25, 0.3) is 0 Å². The summed E-state index contributed by atoms with van der Waals surface area (Å²) in [5.41, 5.74) is 0.606. The van der Waals surface area contributed by atoms with Gasteiger partial charge >= 0.3 is 5.97 Å². The van der Waals surface area contributed by atoms with Crippen molar-refractivity contribution in [3.05, 3.63) is 17.5 Å². The molecule has 0 saturated carbocycles. The van der Waals surface area contributed by atoms with Gasteiger partial charge in [0.2, 0.25) is 5.95 Å². The summed E-state index contributed by atoms with van der Waals surface area (Å²) in [6.45, 7) is 5.57. The summed E-state index contributed by atoms with van der Waals surface area (Å²) in [6.07, 6.45) is 1.31. The van der Waals surface area contributed by atoms with Crippen molar-refractivity contribution in [3.8, 4) is 0 Å². The van der Waals surface area contributed by atoms with Gasteiger partial charge < -0.3 is 10.4 Å². The number of carbonyl (C=O) groups is 1. The molecule has 0 fully saturated rings. The molecule has 0 aromatic carbocycles. The molecule has 1 aromatic rings. The predicted octanol–water partition coefficient (Wildman–Crippen LogP) is 1.30. The van der Waals surface area contributed by atoms with Gasteiger partial charge in [-0.1, -0.05) is 0 Å². The van der Waals surface area contributed by atoms with Gasteiger partial charge in [0, 0.05) is 12.2 Å². The van der Waals surface area contributed by atoms with Crippen LogP contribution in [-0.2, 0) is 0 Å². The van der Waals surface area contributed by atoms with Crippen LogP contribution in [0.5, 0.6) is 0 Å². The number of aromatic carboxylic acids is 1. The van der Waals surface area contributed by atoms with Gasteiger partial charge in [-0.15, -0.1) is 0 Å². The fourth-order valence-electron chi connectivity index (χ4n) is 1.00. The summed E-state index contributed by atoms with van der Waals surface area (Å²) < 4.78 is 0. The van der Waals surface area contributed by atoms with Gasteiger partial charge in [0.15, 0.2) is 0 Å². The molecule has 5 heteroatoms. The van der Waals surface area contributed by atoms with Crippen LogP contribution < -0.4 is 5.32 Å². The zero-order valence-electron chi connectivity index (χ0n) is 8.40. The molecule has 5 nitrogen and oxygen atoms in total. The van der Waals surface area contributed by atoms with Crippen molar-refractivity contribution in [2.24, 2.45) is 0 Å². The van der Waals surface area contributed by atoms with Crippen molar-refractivity contribution in [2.45, 2.75) is 26.8 Å². The number of nitrogens with one attached hydrogen (secondary N) is 1. The van der Waals surface area contributed by atoms with Crippen LogP contribution in [0, 0.1) is 6.92 Å². The average Bonchev–Trinajstić information content (AvgIpc) is 2.01. The minimum Gasteiger partial charge on any atom is -0.478 e. The molecule has 0 unspecified atom stereocenters. The lowest BCUT2D eigenvalue weighted by Gasteiger charge is -2.08. The van der Waals surface area contributed by atoms with E-state index in [-0.39, 0.29) is 11.6 Å². The van der Waals surface area contributed by atoms with Crippen LogP contribution in [0.3, 0.4) is 0 Å². The monoisotopic (exact) mass is 195 g/mol. The van der Waals surface area contributed by atoms with E-state index in [2.05, 4.69) is 15.3 Å². The molecule has 2 N–H and O–H groups in total. The first-order valence-corrected chi connectivity index (χ1v) is 4.34. The van der Waals surface area contributed by atoms with E-state index < -0.39 is 5.97 Å². The highest BCUT2D eigenvalue weighted by Crippen LogP contribution is 2.07. The molecule has 0 bridgehead atoms. The van der Waals surface area contributed by atoms with Gasteiger partial charge in [-0.2, -0.15) is 0 Å². The van der Waals surface area contributed by atoms with E-state index in [1.807, 2.05) is 13.8 Å². The second-order valence-electron chi connectivity index (χ2n) is 3.30. The Labute approximate surface area is 82.2 Å². The van der Waals surface area contributed by atoms with E-state index >= 15 is 0 Å². The summed E-state index contributed by atoms with van der Waals surface area (Å²) in [5.74, 6) is -0.541. The summed E-state index contributed by atoms with van der Waals surface area (Å²) in [6, 6.07) is 0.227. The minimum absolute atomic E-state index is 0.138. The summed E-state index contributed by atoms with van der Waals surface area (Å²) in [5, 5.41) is 11.7. The Hall–Kier alpha value is -1.65. The minimum atomic E-state index is -1.00. The molecule has 76 valence electrons. The highest BCUT2D eigenvalue weighted by molar-refractivity contribution is 5.88. The second-order valence-corrected chi connectivity index (χ2v) is 3.30. The van der Waals surface area contributed by atoms with E-state index in [1.54, 1.807) is 6.92 Å². The Kier molecular flexibility index (Phi) is 3.01. The van der Waals surface area contributed by atoms with Crippen molar-refractivity contribution in [1.29, 1.82) is 0 Å². The van der Waals surface area contributed by atoms with Crippen molar-refractivity contribution >= 4 is 11.9 Å². The number of carboxylic acid groups (broad SMARTS) is 1. The van der Waals surface area contributed by atoms with E-state index in [1.165, 1.54) is 6.20 Å². The molecule has 1 heterocycles. The molecule has 0 aliphatic heterocycles. The van der Waals surface area contributed by atoms with Crippen molar-refractivity contribution in [2.75, 3.05) is 5.32 Å². The van der Waals surface area contributed by atoms with Crippen LogP contribution in [-0.4, -0.2) is 27.1 Å². The zero-order valence-corrected chi connectivity index (χ0v) is 8.40. The first-order chi connectivity index (χ1) is 6.50. The number of aromatic nitrogens is 2. The Balaban J connectivity index is 2.94. The van der Waals surface area contributed by atoms with Crippen LogP contribution in [0.2, 0.25) is 0 Å². The molecule has 1 aromatic heterocycles. The zero-order chi connectivity index (χ0) is 10.7. The Morgan fingerprint density at radius 1 is 1.57 bits per heavy atom. The fourth-order valence-corrected chi connectivity index (χ4v) is 1.00. The lowest BCUT2D eigenvalue weighted by Crippen LogP contribution is -2.14. The number of rotatable bonds is 3. The van der Waals surface area contributed by atoms with Crippen LogP contribution >= 0.6 is 0 Å². The Bertz CT molecular complexity index is 350. The fraction of sp³-hybridized carbons (Fsp3) is 0.444. The number of hydrogen-bond acceptors (Lipinski definition) is 4. The average molecular weight is 195 g/mol. The standard InChI is InChI=1S/C9H13N3O2/c1-5(2)11-9-10-4-7(8(13)14)6(3)12-9/h4-5H,1-3H3,(H,13,14)(H,10,11,12). The van der Waals surface area contributed by atoms with Gasteiger partial charge in [0.25, 0.3) is 0 Å². The van der Waals surface area contributed by atoms with Crippen molar-refractivity contribution in [3.63, 3.8) is 0 Å². The van der Waals surface area contributed by atoms with E-state index in [4.69, 9.17) is 5.11 Å². The normalized spacial score (nSPS) is 10.3. The number of aryl methyl sites for hydroxylation is 1. The topological polar surface area (TPSA) is 75.1 Å². The quantitative estimate of drug-likeness (QED) is 0.760. The van der Waals surface area contributed by atoms with Gasteiger partial charge in [0.05, 0.1) is 11.3 Å². The first kappa shape index (κ1) is 10.4. The summed E-state index contributed by atoms with van der Waals surface area (Å²) >= 11 is 0. The van der Waals surface area contributed by atoms with Crippen molar-refractivity contribution < 1.29 is 9.90 Å². The third-order valence-electron chi connectivity index (χ3n) is 1.63. The second kappa shape index (κ2) is 4.04. The molecule has 0 atom stereocenters. The molecule has 1 rings (SSSR count). The molecule has 0 radical (unpaired) electrons. The number of anilines is 1. The molecule has 0 aliphatic rings. The van der Waals surface area contributed by atoms with E-state index in [9.17, 15) is 4.79 Å². The largest absolute Gasteiger partial charge is 0.478 e. The Morgan fingerprint density at radius 2 is 2.21 bits per heavy atom. The smallest absolute Gasteiger partial charge is 0.339 e. The molecular weight excluding hydrogens is 182 g/mol. The van der Waals surface area contributed by atoms with Crippen LogP contribution in [0.1, 0.15) is 29.9 Å². The Morgan fingerprint density at radius 3 is 2.64 bits per heavy atom. The SMILES string of the molecule is Cc1nc(NC(C)C)ncc1C(=O)O. The molecule has 0 amide bonds. The third-order valence-corrected chi connectivity index (χ3v) is 1.63. The van der Waals surface area contributed by atoms with Gasteiger partial charge in [0.1, 0.15) is 0 Å². The van der Waals surface area contributed by atoms with E-state index in [0.717, 1.165) is 0 Å². The maximum absolute atomic E-state index is 10.7. The lowest BCUT2D eigenvalue weighted by atomic mass is 10.2.